The SMILES string of the molecule is C=C/C=C(\C=C/N)Cc1cc(-c2cccc3nsnc23)c2ncccc2c1. The van der Waals surface area contributed by atoms with Gasteiger partial charge in [-0.15, -0.1) is 0 Å². The lowest BCUT2D eigenvalue weighted by molar-refractivity contribution is 1.20. The number of nitrogens with zero attached hydrogens (tertiary/aromatic N) is 3. The molecule has 0 spiro atoms. The van der Waals surface area contributed by atoms with Crippen molar-refractivity contribution in [3.63, 3.8) is 0 Å². The average Bonchev–Trinajstić information content (AvgIpc) is 3.17. The first-order chi connectivity index (χ1) is 13.3. The summed E-state index contributed by atoms with van der Waals surface area (Å²) in [5.41, 5.74) is 12.8. The Morgan fingerprint density at radius 3 is 2.85 bits per heavy atom. The van der Waals surface area contributed by atoms with E-state index in [1.54, 1.807) is 12.3 Å². The molecule has 4 aromatic rings. The third-order valence-corrected chi connectivity index (χ3v) is 4.93. The maximum atomic E-state index is 5.60. The average molecular weight is 370 g/mol. The van der Waals surface area contributed by atoms with Gasteiger partial charge in [0.25, 0.3) is 0 Å². The Kier molecular flexibility index (Phi) is 4.77. The van der Waals surface area contributed by atoms with Gasteiger partial charge in [-0.3, -0.25) is 4.98 Å². The largest absolute Gasteiger partial charge is 0.405 e. The fourth-order valence-electron chi connectivity index (χ4n) is 3.27. The number of nitrogens with two attached hydrogens (primary N) is 1. The number of hydrogen-bond donors (Lipinski definition) is 1. The van der Waals surface area contributed by atoms with Crippen molar-refractivity contribution in [1.29, 1.82) is 0 Å². The first kappa shape index (κ1) is 17.1. The second kappa shape index (κ2) is 7.51. The minimum absolute atomic E-state index is 0.753. The molecule has 4 rings (SSSR count). The number of allylic oxidation sites excluding steroid dienone is 4. The van der Waals surface area contributed by atoms with Crippen LogP contribution < -0.4 is 5.73 Å². The zero-order chi connectivity index (χ0) is 18.6. The highest BCUT2D eigenvalue weighted by Crippen LogP contribution is 2.33. The first-order valence-corrected chi connectivity index (χ1v) is 9.32. The van der Waals surface area contributed by atoms with E-state index in [4.69, 9.17) is 5.73 Å². The van der Waals surface area contributed by atoms with Gasteiger partial charge in [-0.2, -0.15) is 8.75 Å². The topological polar surface area (TPSA) is 64.7 Å². The van der Waals surface area contributed by atoms with Crippen molar-refractivity contribution in [3.05, 3.63) is 90.8 Å². The molecule has 5 heteroatoms. The number of rotatable bonds is 5. The zero-order valence-corrected chi connectivity index (χ0v) is 15.5. The van der Waals surface area contributed by atoms with Crippen LogP contribution in [0.2, 0.25) is 0 Å². The molecule has 0 atom stereocenters. The van der Waals surface area contributed by atoms with Crippen LogP contribution in [-0.2, 0) is 6.42 Å². The Hall–Kier alpha value is -3.31. The van der Waals surface area contributed by atoms with Crippen LogP contribution in [0.1, 0.15) is 5.56 Å². The second-order valence-electron chi connectivity index (χ2n) is 6.17. The highest BCUT2D eigenvalue weighted by atomic mass is 32.1. The Bertz CT molecular complexity index is 1190. The molecular weight excluding hydrogens is 352 g/mol. The van der Waals surface area contributed by atoms with Crippen LogP contribution >= 0.6 is 11.7 Å². The summed E-state index contributed by atoms with van der Waals surface area (Å²) in [5, 5.41) is 1.10. The van der Waals surface area contributed by atoms with Crippen LogP contribution in [0.4, 0.5) is 0 Å². The van der Waals surface area contributed by atoms with Crippen LogP contribution in [0.15, 0.2) is 85.2 Å². The monoisotopic (exact) mass is 370 g/mol. The summed E-state index contributed by atoms with van der Waals surface area (Å²) in [4.78, 5) is 4.63. The van der Waals surface area contributed by atoms with E-state index in [1.165, 1.54) is 17.3 Å². The highest BCUT2D eigenvalue weighted by Gasteiger charge is 2.13. The van der Waals surface area contributed by atoms with Crippen LogP contribution in [0.5, 0.6) is 0 Å². The van der Waals surface area contributed by atoms with E-state index in [0.717, 1.165) is 45.1 Å². The summed E-state index contributed by atoms with van der Waals surface area (Å²) in [6.07, 6.45) is 9.79. The number of fused-ring (bicyclic) bond motifs is 2. The molecule has 132 valence electrons. The van der Waals surface area contributed by atoms with E-state index in [0.29, 0.717) is 0 Å². The Labute approximate surface area is 161 Å². The summed E-state index contributed by atoms with van der Waals surface area (Å²) in [6, 6.07) is 14.5. The van der Waals surface area contributed by atoms with E-state index < -0.39 is 0 Å². The molecule has 2 N–H and O–H groups in total. The van der Waals surface area contributed by atoms with Crippen LogP contribution in [0.25, 0.3) is 33.1 Å². The Balaban J connectivity index is 1.93. The molecule has 2 aromatic carbocycles. The molecule has 4 nitrogen and oxygen atoms in total. The molecule has 27 heavy (non-hydrogen) atoms. The van der Waals surface area contributed by atoms with Gasteiger partial charge in [0.1, 0.15) is 11.0 Å². The maximum Gasteiger partial charge on any atom is 0.112 e. The molecule has 0 fully saturated rings. The van der Waals surface area contributed by atoms with Crippen molar-refractivity contribution in [2.75, 3.05) is 0 Å². The molecule has 0 aliphatic carbocycles. The maximum absolute atomic E-state index is 5.60. The number of benzene rings is 2. The van der Waals surface area contributed by atoms with Crippen molar-refractivity contribution >= 4 is 33.7 Å². The van der Waals surface area contributed by atoms with Crippen molar-refractivity contribution in [3.8, 4) is 11.1 Å². The van der Waals surface area contributed by atoms with Crippen molar-refractivity contribution in [1.82, 2.24) is 13.7 Å². The smallest absolute Gasteiger partial charge is 0.112 e. The number of aromatic nitrogens is 3. The number of pyridine rings is 1. The van der Waals surface area contributed by atoms with Gasteiger partial charge in [-0.05, 0) is 54.1 Å². The fourth-order valence-corrected chi connectivity index (χ4v) is 3.82. The summed E-state index contributed by atoms with van der Waals surface area (Å²) < 4.78 is 8.87. The quantitative estimate of drug-likeness (QED) is 0.500. The predicted octanol–water partition coefficient (Wildman–Crippen LogP) is 5.03. The lowest BCUT2D eigenvalue weighted by atomic mass is 9.95. The van der Waals surface area contributed by atoms with Gasteiger partial charge in [-0.1, -0.05) is 36.9 Å². The van der Waals surface area contributed by atoms with Gasteiger partial charge < -0.3 is 5.73 Å². The molecule has 0 radical (unpaired) electrons. The molecule has 0 amide bonds. The first-order valence-electron chi connectivity index (χ1n) is 8.59. The van der Waals surface area contributed by atoms with E-state index in [2.05, 4.69) is 44.6 Å². The van der Waals surface area contributed by atoms with E-state index in [9.17, 15) is 0 Å². The standard InChI is InChI=1S/C22H18N4S/c1-2-5-15(9-10-23)12-16-13-17-6-4-11-24-21(17)19(14-16)18-7-3-8-20-22(18)26-27-25-20/h2-11,13-14H,1,12,23H2/b10-9-,15-5+. The van der Waals surface area contributed by atoms with Crippen LogP contribution in [0.3, 0.4) is 0 Å². The molecule has 0 saturated carbocycles. The van der Waals surface area contributed by atoms with E-state index >= 15 is 0 Å². The summed E-state index contributed by atoms with van der Waals surface area (Å²) in [6.45, 7) is 3.79. The van der Waals surface area contributed by atoms with Gasteiger partial charge >= 0.3 is 0 Å². The molecule has 0 unspecified atom stereocenters. The number of hydrogen-bond acceptors (Lipinski definition) is 5. The van der Waals surface area contributed by atoms with Crippen molar-refractivity contribution < 1.29 is 0 Å². The Morgan fingerprint density at radius 2 is 2.00 bits per heavy atom. The summed E-state index contributed by atoms with van der Waals surface area (Å²) in [5.74, 6) is 0. The van der Waals surface area contributed by atoms with Crippen LogP contribution in [-0.4, -0.2) is 13.7 Å². The molecule has 0 saturated heterocycles. The van der Waals surface area contributed by atoms with Crippen molar-refractivity contribution in [2.45, 2.75) is 6.42 Å². The third kappa shape index (κ3) is 3.37. The second-order valence-corrected chi connectivity index (χ2v) is 6.70. The predicted molar refractivity (Wildman–Crippen MR) is 113 cm³/mol. The minimum atomic E-state index is 0.753. The summed E-state index contributed by atoms with van der Waals surface area (Å²) in [7, 11) is 0. The normalized spacial score (nSPS) is 12.2. The lowest BCUT2D eigenvalue weighted by Gasteiger charge is -2.11. The van der Waals surface area contributed by atoms with Crippen molar-refractivity contribution in [2.24, 2.45) is 5.73 Å². The van der Waals surface area contributed by atoms with E-state index in [1.807, 2.05) is 36.5 Å². The lowest BCUT2D eigenvalue weighted by Crippen LogP contribution is -1.94. The van der Waals surface area contributed by atoms with Gasteiger partial charge in [-0.25, -0.2) is 0 Å². The molecular formula is C22H18N4S. The molecule has 2 aromatic heterocycles. The van der Waals surface area contributed by atoms with Crippen LogP contribution in [0, 0.1) is 0 Å². The molecule has 2 heterocycles. The summed E-state index contributed by atoms with van der Waals surface area (Å²) >= 11 is 1.23. The van der Waals surface area contributed by atoms with Gasteiger partial charge in [0.2, 0.25) is 0 Å². The van der Waals surface area contributed by atoms with Gasteiger partial charge in [0, 0.05) is 22.7 Å². The van der Waals surface area contributed by atoms with E-state index in [-0.39, 0.29) is 0 Å². The third-order valence-electron chi connectivity index (χ3n) is 4.39. The fraction of sp³-hybridized carbons (Fsp3) is 0.0455. The molecule has 0 aliphatic rings. The molecule has 0 aliphatic heterocycles. The van der Waals surface area contributed by atoms with Gasteiger partial charge in [0.15, 0.2) is 0 Å². The zero-order valence-electron chi connectivity index (χ0n) is 14.7. The minimum Gasteiger partial charge on any atom is -0.405 e. The van der Waals surface area contributed by atoms with Gasteiger partial charge in [0.05, 0.1) is 17.2 Å². The Morgan fingerprint density at radius 1 is 1.07 bits per heavy atom. The highest BCUT2D eigenvalue weighted by molar-refractivity contribution is 7.00. The molecule has 0 bridgehead atoms.